The molecule has 0 spiro atoms. The third-order valence-electron chi connectivity index (χ3n) is 2.92. The molecule has 0 radical (unpaired) electrons. The van der Waals surface area contributed by atoms with Crippen molar-refractivity contribution in [3.8, 4) is 0 Å². The van der Waals surface area contributed by atoms with Crippen molar-refractivity contribution in [3.05, 3.63) is 0 Å². The third-order valence-corrected chi connectivity index (χ3v) is 4.47. The number of amides is 1. The predicted octanol–water partition coefficient (Wildman–Crippen LogP) is 0.0650. The SMILES string of the molecule is CC(=O)O[C@H]1C(=O)N2[C@@H]1SC(C)(C)[C@@H]2C(=O)O. The summed E-state index contributed by atoms with van der Waals surface area (Å²) in [7, 11) is 0. The lowest BCUT2D eigenvalue weighted by molar-refractivity contribution is -0.180. The summed E-state index contributed by atoms with van der Waals surface area (Å²) < 4.78 is 4.31. The molecule has 6 nitrogen and oxygen atoms in total. The molecule has 2 aliphatic rings. The number of ether oxygens (including phenoxy) is 1. The molecular weight excluding hydrogens is 246 g/mol. The number of thioether (sulfide) groups is 1. The van der Waals surface area contributed by atoms with Crippen molar-refractivity contribution >= 4 is 29.6 Å². The Hall–Kier alpha value is -1.24. The smallest absolute Gasteiger partial charge is 0.327 e. The first-order chi connectivity index (χ1) is 7.75. The van der Waals surface area contributed by atoms with Crippen molar-refractivity contribution in [2.45, 2.75) is 43.0 Å². The summed E-state index contributed by atoms with van der Waals surface area (Å²) in [4.78, 5) is 35.1. The van der Waals surface area contributed by atoms with Crippen LogP contribution in [0.5, 0.6) is 0 Å². The molecule has 1 N–H and O–H groups in total. The first kappa shape index (κ1) is 12.2. The molecule has 7 heteroatoms. The molecule has 0 bridgehead atoms. The van der Waals surface area contributed by atoms with Crippen LogP contribution in [0.1, 0.15) is 20.8 Å². The topological polar surface area (TPSA) is 83.9 Å². The monoisotopic (exact) mass is 259 g/mol. The van der Waals surface area contributed by atoms with E-state index in [1.54, 1.807) is 13.8 Å². The van der Waals surface area contributed by atoms with Crippen molar-refractivity contribution in [1.82, 2.24) is 4.90 Å². The van der Waals surface area contributed by atoms with E-state index in [0.29, 0.717) is 0 Å². The van der Waals surface area contributed by atoms with Gasteiger partial charge in [0.15, 0.2) is 0 Å². The molecule has 0 aromatic heterocycles. The van der Waals surface area contributed by atoms with E-state index in [4.69, 9.17) is 9.84 Å². The summed E-state index contributed by atoms with van der Waals surface area (Å²) in [6.07, 6.45) is -0.832. The Morgan fingerprint density at radius 1 is 1.47 bits per heavy atom. The molecule has 2 fully saturated rings. The lowest BCUT2D eigenvalue weighted by atomic mass is 9.97. The maximum absolute atomic E-state index is 11.8. The molecule has 1 amide bonds. The zero-order valence-corrected chi connectivity index (χ0v) is 10.5. The highest BCUT2D eigenvalue weighted by Gasteiger charge is 2.65. The van der Waals surface area contributed by atoms with Gasteiger partial charge in [0.25, 0.3) is 5.91 Å². The largest absolute Gasteiger partial charge is 0.480 e. The van der Waals surface area contributed by atoms with Crippen molar-refractivity contribution in [3.63, 3.8) is 0 Å². The van der Waals surface area contributed by atoms with Crippen LogP contribution >= 0.6 is 11.8 Å². The van der Waals surface area contributed by atoms with Gasteiger partial charge in [0, 0.05) is 11.7 Å². The molecule has 0 saturated carbocycles. The summed E-state index contributed by atoms with van der Waals surface area (Å²) >= 11 is 1.35. The molecule has 2 rings (SSSR count). The summed E-state index contributed by atoms with van der Waals surface area (Å²) in [5, 5.41) is 8.77. The normalized spacial score (nSPS) is 33.9. The molecule has 94 valence electrons. The lowest BCUT2D eigenvalue weighted by Gasteiger charge is -2.42. The van der Waals surface area contributed by atoms with Gasteiger partial charge in [-0.25, -0.2) is 4.79 Å². The average molecular weight is 259 g/mol. The number of carbonyl (C=O) groups is 3. The minimum absolute atomic E-state index is 0.373. The van der Waals surface area contributed by atoms with Crippen LogP contribution in [0.2, 0.25) is 0 Å². The summed E-state index contributed by atoms with van der Waals surface area (Å²) in [5.41, 5.74) is 0. The standard InChI is InChI=1S/C10H13NO5S/c1-4(12)16-5-7(13)11-6(9(14)15)10(2,3)17-8(5)11/h5-6,8H,1-3H3,(H,14,15)/t5-,6-,8+/m0/s1. The Balaban J connectivity index is 2.21. The second kappa shape index (κ2) is 3.63. The van der Waals surface area contributed by atoms with E-state index in [1.165, 1.54) is 23.6 Å². The second-order valence-corrected chi connectivity index (χ2v) is 6.40. The Labute approximate surface area is 102 Å². The van der Waals surface area contributed by atoms with Crippen molar-refractivity contribution in [1.29, 1.82) is 0 Å². The highest BCUT2D eigenvalue weighted by atomic mass is 32.2. The van der Waals surface area contributed by atoms with Gasteiger partial charge in [-0.05, 0) is 13.8 Å². The van der Waals surface area contributed by atoms with Gasteiger partial charge in [0.2, 0.25) is 6.10 Å². The Morgan fingerprint density at radius 2 is 2.06 bits per heavy atom. The number of hydrogen-bond donors (Lipinski definition) is 1. The average Bonchev–Trinajstić information content (AvgIpc) is 2.43. The molecule has 0 aromatic carbocycles. The molecule has 2 saturated heterocycles. The number of aliphatic carboxylic acids is 1. The number of carbonyl (C=O) groups excluding carboxylic acids is 2. The zero-order valence-electron chi connectivity index (χ0n) is 9.67. The van der Waals surface area contributed by atoms with Crippen LogP contribution in [-0.2, 0) is 19.1 Å². The number of β-lactam (4-membered cyclic amide) rings is 1. The first-order valence-electron chi connectivity index (χ1n) is 5.15. The molecule has 2 heterocycles. The van der Waals surface area contributed by atoms with Crippen LogP contribution in [-0.4, -0.2) is 50.1 Å². The van der Waals surface area contributed by atoms with Gasteiger partial charge in [-0.3, -0.25) is 9.59 Å². The molecule has 0 aromatic rings. The number of rotatable bonds is 2. The molecular formula is C10H13NO5S. The van der Waals surface area contributed by atoms with Crippen LogP contribution in [0.4, 0.5) is 0 Å². The van der Waals surface area contributed by atoms with Crippen LogP contribution in [0.3, 0.4) is 0 Å². The van der Waals surface area contributed by atoms with E-state index < -0.39 is 34.7 Å². The highest BCUT2D eigenvalue weighted by molar-refractivity contribution is 8.01. The van der Waals surface area contributed by atoms with Crippen molar-refractivity contribution in [2.24, 2.45) is 0 Å². The number of carboxylic acids is 1. The Kier molecular flexibility index (Phi) is 2.61. The van der Waals surface area contributed by atoms with E-state index in [-0.39, 0.29) is 5.37 Å². The zero-order chi connectivity index (χ0) is 13.0. The molecule has 2 aliphatic heterocycles. The fourth-order valence-corrected chi connectivity index (χ4v) is 3.87. The van der Waals surface area contributed by atoms with Gasteiger partial charge in [-0.15, -0.1) is 11.8 Å². The first-order valence-corrected chi connectivity index (χ1v) is 6.03. The van der Waals surface area contributed by atoms with Crippen molar-refractivity contribution < 1.29 is 24.2 Å². The van der Waals surface area contributed by atoms with Gasteiger partial charge in [0.1, 0.15) is 11.4 Å². The van der Waals surface area contributed by atoms with E-state index in [9.17, 15) is 14.4 Å². The quantitative estimate of drug-likeness (QED) is 0.558. The Morgan fingerprint density at radius 3 is 2.53 bits per heavy atom. The minimum Gasteiger partial charge on any atom is -0.480 e. The van der Waals surface area contributed by atoms with Gasteiger partial charge < -0.3 is 14.7 Å². The predicted molar refractivity (Wildman–Crippen MR) is 59.3 cm³/mol. The van der Waals surface area contributed by atoms with E-state index in [0.717, 1.165) is 0 Å². The highest BCUT2D eigenvalue weighted by Crippen LogP contribution is 2.51. The van der Waals surface area contributed by atoms with E-state index >= 15 is 0 Å². The van der Waals surface area contributed by atoms with Gasteiger partial charge >= 0.3 is 11.9 Å². The van der Waals surface area contributed by atoms with E-state index in [1.807, 2.05) is 0 Å². The second-order valence-electron chi connectivity index (χ2n) is 4.63. The van der Waals surface area contributed by atoms with Gasteiger partial charge in [-0.2, -0.15) is 0 Å². The molecule has 3 atom stereocenters. The number of esters is 1. The number of nitrogens with zero attached hydrogens (tertiary/aromatic N) is 1. The van der Waals surface area contributed by atoms with Gasteiger partial charge in [0.05, 0.1) is 0 Å². The van der Waals surface area contributed by atoms with E-state index in [2.05, 4.69) is 0 Å². The van der Waals surface area contributed by atoms with Crippen LogP contribution in [0.15, 0.2) is 0 Å². The number of hydrogen-bond acceptors (Lipinski definition) is 5. The summed E-state index contributed by atoms with van der Waals surface area (Å²) in [6, 6.07) is -0.864. The molecule has 17 heavy (non-hydrogen) atoms. The van der Waals surface area contributed by atoms with Crippen molar-refractivity contribution in [2.75, 3.05) is 0 Å². The van der Waals surface area contributed by atoms with Crippen LogP contribution < -0.4 is 0 Å². The minimum atomic E-state index is -1.03. The maximum atomic E-state index is 11.8. The summed E-state index contributed by atoms with van der Waals surface area (Å²) in [5.74, 6) is -1.98. The number of carboxylic acid groups (broad SMARTS) is 1. The van der Waals surface area contributed by atoms with Crippen LogP contribution in [0.25, 0.3) is 0 Å². The lowest BCUT2D eigenvalue weighted by Crippen LogP contribution is -2.66. The van der Waals surface area contributed by atoms with Crippen LogP contribution in [0, 0.1) is 0 Å². The number of fused-ring (bicyclic) bond motifs is 1. The fourth-order valence-electron chi connectivity index (χ4n) is 2.27. The third kappa shape index (κ3) is 1.69. The Bertz CT molecular complexity index is 408. The fraction of sp³-hybridized carbons (Fsp3) is 0.700. The maximum Gasteiger partial charge on any atom is 0.327 e. The molecule has 0 unspecified atom stereocenters. The van der Waals surface area contributed by atoms with Gasteiger partial charge in [-0.1, -0.05) is 0 Å². The summed E-state index contributed by atoms with van der Waals surface area (Å²) in [6.45, 7) is 4.77. The molecule has 0 aliphatic carbocycles.